The van der Waals surface area contributed by atoms with Crippen LogP contribution in [0.15, 0.2) is 18.2 Å². The molecule has 0 radical (unpaired) electrons. The van der Waals surface area contributed by atoms with Gasteiger partial charge >= 0.3 is 5.82 Å². The van der Waals surface area contributed by atoms with Crippen LogP contribution in [0.2, 0.25) is 10.0 Å². The molecular formula is C11H7Cl2N3O3S. The number of hydrogen-bond donors (Lipinski definition) is 1. The lowest BCUT2D eigenvalue weighted by atomic mass is 10.3. The predicted octanol–water partition coefficient (Wildman–Crippen LogP) is 4.30. The number of nitrogens with zero attached hydrogens (tertiary/aromatic N) is 2. The van der Waals surface area contributed by atoms with Crippen LogP contribution in [0.1, 0.15) is 16.7 Å². The van der Waals surface area contributed by atoms with Gasteiger partial charge in [-0.3, -0.25) is 4.79 Å². The van der Waals surface area contributed by atoms with Gasteiger partial charge in [-0.15, -0.1) is 0 Å². The first-order chi connectivity index (χ1) is 9.38. The molecule has 2 aromatic rings. The Morgan fingerprint density at radius 2 is 2.10 bits per heavy atom. The van der Waals surface area contributed by atoms with Crippen molar-refractivity contribution in [2.24, 2.45) is 0 Å². The number of halogens is 2. The smallest absolute Gasteiger partial charge is 0.358 e. The van der Waals surface area contributed by atoms with Gasteiger partial charge in [-0.05, 0) is 28.1 Å². The summed E-state index contributed by atoms with van der Waals surface area (Å²) in [5, 5.41) is 14.7. The molecule has 1 aromatic carbocycles. The van der Waals surface area contributed by atoms with Gasteiger partial charge in [-0.2, -0.15) is 0 Å². The van der Waals surface area contributed by atoms with Gasteiger partial charge in [0.25, 0.3) is 5.01 Å². The van der Waals surface area contributed by atoms with Gasteiger partial charge in [0.2, 0.25) is 5.78 Å². The van der Waals surface area contributed by atoms with E-state index < -0.39 is 10.7 Å². The zero-order valence-electron chi connectivity index (χ0n) is 10.0. The summed E-state index contributed by atoms with van der Waals surface area (Å²) >= 11 is 12.6. The largest absolute Gasteiger partial charge is 0.399 e. The van der Waals surface area contributed by atoms with E-state index in [4.69, 9.17) is 23.2 Å². The molecule has 0 bridgehead atoms. The first-order valence-corrected chi connectivity index (χ1v) is 6.84. The van der Waals surface area contributed by atoms with Crippen LogP contribution in [0, 0.1) is 10.1 Å². The Morgan fingerprint density at radius 1 is 1.40 bits per heavy atom. The highest BCUT2D eigenvalue weighted by Crippen LogP contribution is 2.35. The van der Waals surface area contributed by atoms with Crippen LogP contribution in [0.3, 0.4) is 0 Å². The van der Waals surface area contributed by atoms with E-state index in [1.165, 1.54) is 13.0 Å². The van der Waals surface area contributed by atoms with Crippen LogP contribution in [-0.4, -0.2) is 15.7 Å². The van der Waals surface area contributed by atoms with Crippen LogP contribution in [0.25, 0.3) is 0 Å². The van der Waals surface area contributed by atoms with E-state index in [0.29, 0.717) is 15.7 Å². The van der Waals surface area contributed by atoms with Crippen molar-refractivity contribution in [3.8, 4) is 0 Å². The maximum absolute atomic E-state index is 11.2. The van der Waals surface area contributed by atoms with Crippen LogP contribution in [-0.2, 0) is 0 Å². The van der Waals surface area contributed by atoms with Crippen LogP contribution in [0.4, 0.5) is 16.5 Å². The Labute approximate surface area is 127 Å². The maximum Gasteiger partial charge on any atom is 0.399 e. The third-order valence-corrected chi connectivity index (χ3v) is 4.06. The number of nitrogens with one attached hydrogen (secondary N) is 1. The Bertz CT molecular complexity index is 702. The van der Waals surface area contributed by atoms with Crippen LogP contribution in [0.5, 0.6) is 0 Å². The highest BCUT2D eigenvalue weighted by molar-refractivity contribution is 7.18. The topological polar surface area (TPSA) is 85.1 Å². The third-order valence-electron chi connectivity index (χ3n) is 2.26. The zero-order chi connectivity index (χ0) is 14.9. The molecule has 9 heteroatoms. The average Bonchev–Trinajstić information content (AvgIpc) is 2.78. The SMILES string of the molecule is CC(=O)c1nc([N+](=O)[O-])c(Nc2ccc(Cl)c(Cl)c2)s1. The number of anilines is 2. The van der Waals surface area contributed by atoms with Crippen molar-refractivity contribution in [1.82, 2.24) is 4.98 Å². The number of carbonyl (C=O) groups excluding carboxylic acids is 1. The van der Waals surface area contributed by atoms with E-state index in [1.54, 1.807) is 12.1 Å². The molecule has 1 heterocycles. The number of aromatic nitrogens is 1. The summed E-state index contributed by atoms with van der Waals surface area (Å²) in [7, 11) is 0. The summed E-state index contributed by atoms with van der Waals surface area (Å²) in [4.78, 5) is 25.2. The molecule has 6 nitrogen and oxygen atoms in total. The van der Waals surface area contributed by atoms with Gasteiger partial charge < -0.3 is 15.4 Å². The number of thiazole rings is 1. The summed E-state index contributed by atoms with van der Waals surface area (Å²) in [5.41, 5.74) is 0.515. The lowest BCUT2D eigenvalue weighted by Crippen LogP contribution is -1.95. The summed E-state index contributed by atoms with van der Waals surface area (Å²) in [6.45, 7) is 1.30. The van der Waals surface area contributed by atoms with E-state index in [9.17, 15) is 14.9 Å². The number of rotatable bonds is 4. The van der Waals surface area contributed by atoms with Crippen molar-refractivity contribution >= 4 is 56.8 Å². The molecule has 0 saturated heterocycles. The van der Waals surface area contributed by atoms with Gasteiger partial charge in [0.15, 0.2) is 5.00 Å². The van der Waals surface area contributed by atoms with Crippen molar-refractivity contribution in [2.75, 3.05) is 5.32 Å². The third kappa shape index (κ3) is 3.06. The van der Waals surface area contributed by atoms with Crippen molar-refractivity contribution in [2.45, 2.75) is 6.92 Å². The second kappa shape index (κ2) is 5.74. The highest BCUT2D eigenvalue weighted by Gasteiger charge is 2.25. The first-order valence-electron chi connectivity index (χ1n) is 5.26. The second-order valence-electron chi connectivity index (χ2n) is 3.74. The molecule has 1 aromatic heterocycles. The molecule has 0 aliphatic rings. The maximum atomic E-state index is 11.2. The van der Waals surface area contributed by atoms with E-state index in [1.807, 2.05) is 0 Å². The number of hydrogen-bond acceptors (Lipinski definition) is 6. The fourth-order valence-electron chi connectivity index (χ4n) is 1.37. The lowest BCUT2D eigenvalue weighted by molar-refractivity contribution is -0.388. The van der Waals surface area contributed by atoms with Crippen molar-refractivity contribution < 1.29 is 9.72 Å². The quantitative estimate of drug-likeness (QED) is 0.512. The molecule has 2 rings (SSSR count). The Morgan fingerprint density at radius 3 is 2.65 bits per heavy atom. The number of ketones is 1. The van der Waals surface area contributed by atoms with Gasteiger partial charge in [0, 0.05) is 12.6 Å². The molecule has 1 N–H and O–H groups in total. The normalized spacial score (nSPS) is 10.3. The van der Waals surface area contributed by atoms with E-state index in [2.05, 4.69) is 10.3 Å². The monoisotopic (exact) mass is 331 g/mol. The highest BCUT2D eigenvalue weighted by atomic mass is 35.5. The molecule has 0 aliphatic carbocycles. The Hall–Kier alpha value is -1.70. The first kappa shape index (κ1) is 14.7. The van der Waals surface area contributed by atoms with Gasteiger partial charge in [0.05, 0.1) is 10.0 Å². The molecule has 0 unspecified atom stereocenters. The summed E-state index contributed by atoms with van der Waals surface area (Å²) in [6, 6.07) is 4.71. The summed E-state index contributed by atoms with van der Waals surface area (Å²) < 4.78 is 0. The fourth-order valence-corrected chi connectivity index (χ4v) is 2.52. The Kier molecular flexibility index (Phi) is 4.22. The zero-order valence-corrected chi connectivity index (χ0v) is 12.3. The minimum atomic E-state index is -0.650. The van der Waals surface area contributed by atoms with E-state index >= 15 is 0 Å². The summed E-state index contributed by atoms with van der Waals surface area (Å²) in [5.74, 6) is -0.730. The van der Waals surface area contributed by atoms with E-state index in [-0.39, 0.29) is 15.8 Å². The number of benzene rings is 1. The van der Waals surface area contributed by atoms with Crippen LogP contribution >= 0.6 is 34.5 Å². The van der Waals surface area contributed by atoms with Gasteiger partial charge in [0.1, 0.15) is 0 Å². The standard InChI is InChI=1S/C11H7Cl2N3O3S/c1-5(17)10-15-9(16(18)19)11(20-10)14-6-2-3-7(12)8(13)4-6/h2-4,14H,1H3. The summed E-state index contributed by atoms with van der Waals surface area (Å²) in [6.07, 6.45) is 0. The molecule has 0 atom stereocenters. The number of Topliss-reactive ketones (excluding diaryl/α,β-unsaturated/α-hetero) is 1. The number of nitro groups is 1. The Balaban J connectivity index is 2.39. The minimum absolute atomic E-state index is 0.0688. The van der Waals surface area contributed by atoms with E-state index in [0.717, 1.165) is 11.3 Å². The molecular weight excluding hydrogens is 325 g/mol. The average molecular weight is 332 g/mol. The van der Waals surface area contributed by atoms with Crippen molar-refractivity contribution in [1.29, 1.82) is 0 Å². The predicted molar refractivity (Wildman–Crippen MR) is 78.5 cm³/mol. The molecule has 0 aliphatic heterocycles. The molecule has 104 valence electrons. The van der Waals surface area contributed by atoms with Crippen molar-refractivity contribution in [3.63, 3.8) is 0 Å². The molecule has 0 fully saturated rings. The molecule has 0 saturated carbocycles. The second-order valence-corrected chi connectivity index (χ2v) is 5.55. The number of carbonyl (C=O) groups is 1. The molecule has 0 spiro atoms. The van der Waals surface area contributed by atoms with Crippen LogP contribution < -0.4 is 5.32 Å². The van der Waals surface area contributed by atoms with Gasteiger partial charge in [-0.25, -0.2) is 0 Å². The van der Waals surface area contributed by atoms with Crippen molar-refractivity contribution in [3.05, 3.63) is 43.4 Å². The molecule has 20 heavy (non-hydrogen) atoms. The van der Waals surface area contributed by atoms with Gasteiger partial charge in [-0.1, -0.05) is 34.5 Å². The fraction of sp³-hybridized carbons (Fsp3) is 0.0909. The lowest BCUT2D eigenvalue weighted by Gasteiger charge is -2.04. The molecule has 0 amide bonds. The minimum Gasteiger partial charge on any atom is -0.358 e.